The van der Waals surface area contributed by atoms with E-state index in [-0.39, 0.29) is 5.60 Å². The van der Waals surface area contributed by atoms with Gasteiger partial charge in [0.15, 0.2) is 0 Å². The Morgan fingerprint density at radius 2 is 1.67 bits per heavy atom. The predicted octanol–water partition coefficient (Wildman–Crippen LogP) is 3.22. The minimum Gasteiger partial charge on any atom is -0.376 e. The Labute approximate surface area is 95.8 Å². The summed E-state index contributed by atoms with van der Waals surface area (Å²) in [5.74, 6) is 0. The van der Waals surface area contributed by atoms with Crippen molar-refractivity contribution in [3.05, 3.63) is 0 Å². The topological polar surface area (TPSA) is 21.3 Å². The molecule has 0 spiro atoms. The molecule has 1 N–H and O–H groups in total. The van der Waals surface area contributed by atoms with Gasteiger partial charge in [-0.15, -0.1) is 0 Å². The van der Waals surface area contributed by atoms with Gasteiger partial charge in [-0.3, -0.25) is 0 Å². The van der Waals surface area contributed by atoms with Crippen molar-refractivity contribution < 1.29 is 4.74 Å². The predicted molar refractivity (Wildman–Crippen MR) is 67.3 cm³/mol. The molecule has 0 atom stereocenters. The Hall–Kier alpha value is -0.0800. The van der Waals surface area contributed by atoms with E-state index < -0.39 is 0 Å². The molecule has 0 unspecified atom stereocenters. The molecule has 92 valence electrons. The molecule has 0 fully saturated rings. The van der Waals surface area contributed by atoms with E-state index in [4.69, 9.17) is 4.74 Å². The fraction of sp³-hybridized carbons (Fsp3) is 1.00. The van der Waals surface area contributed by atoms with Crippen molar-refractivity contribution in [2.24, 2.45) is 5.41 Å². The Morgan fingerprint density at radius 1 is 1.07 bits per heavy atom. The van der Waals surface area contributed by atoms with E-state index in [1.807, 2.05) is 7.05 Å². The molecule has 0 aliphatic carbocycles. The highest BCUT2D eigenvalue weighted by Crippen LogP contribution is 2.25. The van der Waals surface area contributed by atoms with E-state index in [9.17, 15) is 0 Å². The summed E-state index contributed by atoms with van der Waals surface area (Å²) < 4.78 is 5.93. The molecule has 0 saturated heterocycles. The zero-order chi connectivity index (χ0) is 11.9. The van der Waals surface area contributed by atoms with Crippen LogP contribution in [0.5, 0.6) is 0 Å². The van der Waals surface area contributed by atoms with Crippen molar-refractivity contribution in [2.75, 3.05) is 20.2 Å². The van der Waals surface area contributed by atoms with Crippen LogP contribution in [0.15, 0.2) is 0 Å². The van der Waals surface area contributed by atoms with Crippen LogP contribution in [0.4, 0.5) is 0 Å². The molecule has 0 aromatic carbocycles. The Bertz CT molecular complexity index is 164. The normalized spacial score (nSPS) is 13.2. The van der Waals surface area contributed by atoms with Gasteiger partial charge in [0.1, 0.15) is 0 Å². The molecule has 0 radical (unpaired) electrons. The molecule has 0 amide bonds. The van der Waals surface area contributed by atoms with Crippen LogP contribution in [0.1, 0.15) is 53.9 Å². The lowest BCUT2D eigenvalue weighted by Crippen LogP contribution is -2.30. The maximum absolute atomic E-state index is 5.93. The van der Waals surface area contributed by atoms with E-state index in [0.717, 1.165) is 26.0 Å². The SMILES string of the molecule is CCC(C)(C)CCOC(C)(C)CCNC. The first kappa shape index (κ1) is 14.9. The highest BCUT2D eigenvalue weighted by molar-refractivity contribution is 4.71. The summed E-state index contributed by atoms with van der Waals surface area (Å²) in [6.45, 7) is 13.1. The summed E-state index contributed by atoms with van der Waals surface area (Å²) in [6.07, 6.45) is 3.43. The Kier molecular flexibility index (Phi) is 6.46. The first-order valence-corrected chi connectivity index (χ1v) is 6.11. The summed E-state index contributed by atoms with van der Waals surface area (Å²) in [5, 5.41) is 3.16. The van der Waals surface area contributed by atoms with Crippen molar-refractivity contribution >= 4 is 0 Å². The summed E-state index contributed by atoms with van der Waals surface area (Å²) in [5.41, 5.74) is 0.423. The van der Waals surface area contributed by atoms with Crippen molar-refractivity contribution in [2.45, 2.75) is 59.5 Å². The molecular weight excluding hydrogens is 186 g/mol. The molecule has 0 aromatic heterocycles. The standard InChI is InChI=1S/C13H29NO/c1-7-12(2,3)9-11-15-13(4,5)8-10-14-6/h14H,7-11H2,1-6H3. The van der Waals surface area contributed by atoms with Crippen LogP contribution in [-0.4, -0.2) is 25.8 Å². The van der Waals surface area contributed by atoms with Gasteiger partial charge in [0.2, 0.25) is 0 Å². The maximum Gasteiger partial charge on any atom is 0.0638 e. The van der Waals surface area contributed by atoms with Gasteiger partial charge in [0.05, 0.1) is 5.60 Å². The average molecular weight is 215 g/mol. The highest BCUT2D eigenvalue weighted by Gasteiger charge is 2.20. The van der Waals surface area contributed by atoms with E-state index in [1.54, 1.807) is 0 Å². The minimum absolute atomic E-state index is 0.00678. The number of ether oxygens (including phenoxy) is 1. The summed E-state index contributed by atoms with van der Waals surface area (Å²) in [7, 11) is 1.98. The van der Waals surface area contributed by atoms with Gasteiger partial charge in [0, 0.05) is 6.61 Å². The van der Waals surface area contributed by atoms with Crippen molar-refractivity contribution in [1.82, 2.24) is 5.32 Å². The van der Waals surface area contributed by atoms with Crippen molar-refractivity contribution in [1.29, 1.82) is 0 Å². The zero-order valence-electron chi connectivity index (χ0n) is 11.4. The highest BCUT2D eigenvalue weighted by atomic mass is 16.5. The quantitative estimate of drug-likeness (QED) is 0.671. The number of nitrogens with one attached hydrogen (secondary N) is 1. The largest absolute Gasteiger partial charge is 0.376 e. The van der Waals surface area contributed by atoms with Crippen LogP contribution >= 0.6 is 0 Å². The third-order valence-electron chi connectivity index (χ3n) is 3.21. The van der Waals surface area contributed by atoms with Crippen LogP contribution in [0.25, 0.3) is 0 Å². The second kappa shape index (κ2) is 6.49. The van der Waals surface area contributed by atoms with Crippen LogP contribution < -0.4 is 5.32 Å². The summed E-state index contributed by atoms with van der Waals surface area (Å²) in [4.78, 5) is 0. The van der Waals surface area contributed by atoms with E-state index >= 15 is 0 Å². The lowest BCUT2D eigenvalue weighted by atomic mass is 9.87. The van der Waals surface area contributed by atoms with Gasteiger partial charge in [0.25, 0.3) is 0 Å². The second-order valence-corrected chi connectivity index (χ2v) is 5.73. The number of rotatable bonds is 8. The lowest BCUT2D eigenvalue weighted by Gasteiger charge is -2.28. The van der Waals surface area contributed by atoms with Gasteiger partial charge >= 0.3 is 0 Å². The molecule has 0 aliphatic heterocycles. The zero-order valence-corrected chi connectivity index (χ0v) is 11.4. The molecule has 0 saturated carbocycles. The van der Waals surface area contributed by atoms with E-state index in [0.29, 0.717) is 5.41 Å². The molecule has 15 heavy (non-hydrogen) atoms. The van der Waals surface area contributed by atoms with Gasteiger partial charge in [-0.1, -0.05) is 27.2 Å². The van der Waals surface area contributed by atoms with Crippen LogP contribution in [0.3, 0.4) is 0 Å². The van der Waals surface area contributed by atoms with Crippen LogP contribution in [0, 0.1) is 5.41 Å². The maximum atomic E-state index is 5.93. The molecule has 2 nitrogen and oxygen atoms in total. The Balaban J connectivity index is 3.74. The van der Waals surface area contributed by atoms with E-state index in [1.165, 1.54) is 6.42 Å². The average Bonchev–Trinajstić information content (AvgIpc) is 2.14. The van der Waals surface area contributed by atoms with Gasteiger partial charge in [-0.25, -0.2) is 0 Å². The fourth-order valence-corrected chi connectivity index (χ4v) is 1.28. The molecular formula is C13H29NO. The lowest BCUT2D eigenvalue weighted by molar-refractivity contribution is -0.0338. The molecule has 0 bridgehead atoms. The van der Waals surface area contributed by atoms with E-state index in [2.05, 4.69) is 39.9 Å². The second-order valence-electron chi connectivity index (χ2n) is 5.73. The number of hydrogen-bond donors (Lipinski definition) is 1. The van der Waals surface area contributed by atoms with Gasteiger partial charge < -0.3 is 10.1 Å². The van der Waals surface area contributed by atoms with Crippen molar-refractivity contribution in [3.8, 4) is 0 Å². The third-order valence-corrected chi connectivity index (χ3v) is 3.21. The number of hydrogen-bond acceptors (Lipinski definition) is 2. The first-order chi connectivity index (χ1) is 6.83. The smallest absolute Gasteiger partial charge is 0.0638 e. The molecule has 0 rings (SSSR count). The van der Waals surface area contributed by atoms with Crippen LogP contribution in [0.2, 0.25) is 0 Å². The Morgan fingerprint density at radius 3 is 2.13 bits per heavy atom. The van der Waals surface area contributed by atoms with Gasteiger partial charge in [-0.2, -0.15) is 0 Å². The molecule has 2 heteroatoms. The minimum atomic E-state index is 0.00678. The molecule has 0 aliphatic rings. The summed E-state index contributed by atoms with van der Waals surface area (Å²) >= 11 is 0. The molecule has 0 heterocycles. The van der Waals surface area contributed by atoms with Gasteiger partial charge in [-0.05, 0) is 45.7 Å². The molecule has 0 aromatic rings. The monoisotopic (exact) mass is 215 g/mol. The first-order valence-electron chi connectivity index (χ1n) is 6.11. The van der Waals surface area contributed by atoms with Crippen LogP contribution in [-0.2, 0) is 4.74 Å². The van der Waals surface area contributed by atoms with Crippen molar-refractivity contribution in [3.63, 3.8) is 0 Å². The third kappa shape index (κ3) is 7.80. The fourth-order valence-electron chi connectivity index (χ4n) is 1.28. The summed E-state index contributed by atoms with van der Waals surface area (Å²) in [6, 6.07) is 0.